The second-order valence-electron chi connectivity index (χ2n) is 8.09. The Morgan fingerprint density at radius 3 is 2.59 bits per heavy atom. The largest absolute Gasteiger partial charge is 0.424 e. The van der Waals surface area contributed by atoms with Gasteiger partial charge in [-0.3, -0.25) is 9.69 Å². The topological polar surface area (TPSA) is 62.5 Å². The minimum absolute atomic E-state index is 0.179. The average molecular weight is 368 g/mol. The van der Waals surface area contributed by atoms with Crippen molar-refractivity contribution in [3.8, 4) is 0 Å². The van der Waals surface area contributed by atoms with Crippen molar-refractivity contribution in [2.24, 2.45) is 5.41 Å². The molecule has 2 aliphatic heterocycles. The first-order valence-corrected chi connectivity index (χ1v) is 9.88. The summed E-state index contributed by atoms with van der Waals surface area (Å²) in [6.07, 6.45) is 4.16. The summed E-state index contributed by atoms with van der Waals surface area (Å²) in [5, 5.41) is 8.39. The monoisotopic (exact) mass is 368 g/mol. The summed E-state index contributed by atoms with van der Waals surface area (Å²) in [4.78, 5) is 16.2. The van der Waals surface area contributed by atoms with Crippen LogP contribution in [0.1, 0.15) is 49.6 Å². The summed E-state index contributed by atoms with van der Waals surface area (Å²) < 4.78 is 5.81. The summed E-state index contributed by atoms with van der Waals surface area (Å²) in [7, 11) is 0. The molecule has 1 aromatic carbocycles. The lowest BCUT2D eigenvalue weighted by Crippen LogP contribution is -2.43. The predicted molar refractivity (Wildman–Crippen MR) is 102 cm³/mol. The summed E-state index contributed by atoms with van der Waals surface area (Å²) in [5.41, 5.74) is 1.60. The Kier molecular flexibility index (Phi) is 5.00. The van der Waals surface area contributed by atoms with E-state index >= 15 is 0 Å². The van der Waals surface area contributed by atoms with Crippen molar-refractivity contribution in [3.63, 3.8) is 0 Å². The molecule has 4 rings (SSSR count). The van der Waals surface area contributed by atoms with E-state index in [1.54, 1.807) is 6.92 Å². The molecule has 1 aromatic heterocycles. The van der Waals surface area contributed by atoms with Crippen molar-refractivity contribution < 1.29 is 9.21 Å². The maximum atomic E-state index is 11.7. The Morgan fingerprint density at radius 1 is 1.22 bits per heavy atom. The fraction of sp³-hybridized carbons (Fsp3) is 0.571. The van der Waals surface area contributed by atoms with E-state index in [-0.39, 0.29) is 17.4 Å². The molecule has 0 aliphatic carbocycles. The summed E-state index contributed by atoms with van der Waals surface area (Å²) >= 11 is 0. The van der Waals surface area contributed by atoms with Crippen LogP contribution in [-0.4, -0.2) is 52.1 Å². The number of benzene rings is 1. The normalized spacial score (nSPS) is 22.4. The zero-order valence-electron chi connectivity index (χ0n) is 16.2. The lowest BCUT2D eigenvalue weighted by Gasteiger charge is -2.39. The average Bonchev–Trinajstić information content (AvgIpc) is 3.25. The molecule has 1 atom stereocenters. The van der Waals surface area contributed by atoms with Crippen molar-refractivity contribution in [1.29, 1.82) is 0 Å². The van der Waals surface area contributed by atoms with Crippen LogP contribution in [0.25, 0.3) is 0 Å². The van der Waals surface area contributed by atoms with Crippen LogP contribution in [0.2, 0.25) is 0 Å². The van der Waals surface area contributed by atoms with E-state index in [9.17, 15) is 4.79 Å². The smallest absolute Gasteiger partial charge is 0.233 e. The molecule has 2 saturated heterocycles. The number of carbonyl (C=O) groups excluding carboxylic acids is 1. The molecule has 0 unspecified atom stereocenters. The highest BCUT2D eigenvalue weighted by Gasteiger charge is 2.47. The number of piperidine rings is 1. The van der Waals surface area contributed by atoms with Gasteiger partial charge in [0.1, 0.15) is 0 Å². The maximum absolute atomic E-state index is 11.7. The van der Waals surface area contributed by atoms with Crippen LogP contribution in [0.5, 0.6) is 0 Å². The molecule has 0 saturated carbocycles. The van der Waals surface area contributed by atoms with Gasteiger partial charge in [0, 0.05) is 40.0 Å². The highest BCUT2D eigenvalue weighted by Crippen LogP contribution is 2.48. The van der Waals surface area contributed by atoms with E-state index < -0.39 is 0 Å². The maximum Gasteiger partial charge on any atom is 0.233 e. The van der Waals surface area contributed by atoms with Crippen LogP contribution in [0.3, 0.4) is 0 Å². The molecule has 2 fully saturated rings. The van der Waals surface area contributed by atoms with Gasteiger partial charge >= 0.3 is 0 Å². The van der Waals surface area contributed by atoms with Gasteiger partial charge in [0.15, 0.2) is 0 Å². The number of aromatic nitrogens is 2. The van der Waals surface area contributed by atoms with E-state index in [1.165, 1.54) is 5.56 Å². The number of amides is 1. The highest BCUT2D eigenvalue weighted by atomic mass is 16.4. The molecule has 1 spiro atoms. The first-order chi connectivity index (χ1) is 13.0. The van der Waals surface area contributed by atoms with E-state index in [2.05, 4.69) is 45.4 Å². The van der Waals surface area contributed by atoms with Gasteiger partial charge in [-0.15, -0.1) is 10.2 Å². The third-order valence-corrected chi connectivity index (χ3v) is 6.23. The Labute approximate surface area is 160 Å². The molecular formula is C21H28N4O2. The summed E-state index contributed by atoms with van der Waals surface area (Å²) in [6.45, 7) is 7.25. The van der Waals surface area contributed by atoms with Gasteiger partial charge < -0.3 is 9.32 Å². The zero-order valence-corrected chi connectivity index (χ0v) is 16.2. The Balaban J connectivity index is 1.49. The van der Waals surface area contributed by atoms with Gasteiger partial charge in [-0.25, -0.2) is 0 Å². The number of nitrogens with zero attached hydrogens (tertiary/aromatic N) is 4. The second kappa shape index (κ2) is 7.43. The number of rotatable bonds is 4. The van der Waals surface area contributed by atoms with Crippen molar-refractivity contribution >= 4 is 5.91 Å². The quantitative estimate of drug-likeness (QED) is 0.830. The van der Waals surface area contributed by atoms with Gasteiger partial charge in [-0.1, -0.05) is 30.3 Å². The standard InChI is InChI=1S/C21H28N4O2/c1-16-22-23-20(27-16)19-14-21(9-12-24(13-10-21)17(2)26)15-25(19)11-8-18-6-4-3-5-7-18/h3-7,19H,8-15H2,1-2H3/t19-/m0/s1. The van der Waals surface area contributed by atoms with Crippen molar-refractivity contribution in [1.82, 2.24) is 20.0 Å². The Morgan fingerprint density at radius 2 is 1.96 bits per heavy atom. The second-order valence-corrected chi connectivity index (χ2v) is 8.09. The summed E-state index contributed by atoms with van der Waals surface area (Å²) in [6, 6.07) is 10.8. The van der Waals surface area contributed by atoms with Crippen molar-refractivity contribution in [3.05, 3.63) is 47.7 Å². The number of hydrogen-bond donors (Lipinski definition) is 0. The lowest BCUT2D eigenvalue weighted by atomic mass is 9.76. The van der Waals surface area contributed by atoms with Crippen LogP contribution < -0.4 is 0 Å². The lowest BCUT2D eigenvalue weighted by molar-refractivity contribution is -0.131. The van der Waals surface area contributed by atoms with Gasteiger partial charge in [0.2, 0.25) is 17.7 Å². The first-order valence-electron chi connectivity index (χ1n) is 9.88. The van der Waals surface area contributed by atoms with Gasteiger partial charge in [-0.05, 0) is 36.7 Å². The predicted octanol–water partition coefficient (Wildman–Crippen LogP) is 3.00. The van der Waals surface area contributed by atoms with Crippen LogP contribution in [0, 0.1) is 12.3 Å². The number of hydrogen-bond acceptors (Lipinski definition) is 5. The van der Waals surface area contributed by atoms with E-state index in [0.717, 1.165) is 57.8 Å². The number of carbonyl (C=O) groups is 1. The number of likely N-dealkylation sites (tertiary alicyclic amines) is 2. The van der Waals surface area contributed by atoms with Gasteiger partial charge in [0.05, 0.1) is 6.04 Å². The minimum Gasteiger partial charge on any atom is -0.424 e. The molecule has 3 heterocycles. The fourth-order valence-electron chi connectivity index (χ4n) is 4.65. The fourth-order valence-corrected chi connectivity index (χ4v) is 4.65. The van der Waals surface area contributed by atoms with Crippen LogP contribution >= 0.6 is 0 Å². The van der Waals surface area contributed by atoms with E-state index in [1.807, 2.05) is 11.8 Å². The Hall–Kier alpha value is -2.21. The molecule has 27 heavy (non-hydrogen) atoms. The van der Waals surface area contributed by atoms with Crippen LogP contribution in [0.15, 0.2) is 34.7 Å². The molecular weight excluding hydrogens is 340 g/mol. The molecule has 2 aliphatic rings. The highest BCUT2D eigenvalue weighted by molar-refractivity contribution is 5.73. The van der Waals surface area contributed by atoms with Gasteiger partial charge in [-0.2, -0.15) is 0 Å². The van der Waals surface area contributed by atoms with Crippen LogP contribution in [0.4, 0.5) is 0 Å². The summed E-state index contributed by atoms with van der Waals surface area (Å²) in [5.74, 6) is 1.56. The molecule has 1 amide bonds. The SMILES string of the molecule is CC(=O)N1CCC2(CC1)C[C@@H](c1nnc(C)o1)N(CCc1ccccc1)C2. The zero-order chi connectivity index (χ0) is 18.9. The molecule has 0 bridgehead atoms. The molecule has 6 heteroatoms. The molecule has 0 radical (unpaired) electrons. The molecule has 6 nitrogen and oxygen atoms in total. The van der Waals surface area contributed by atoms with Crippen LogP contribution in [-0.2, 0) is 11.2 Å². The van der Waals surface area contributed by atoms with E-state index in [4.69, 9.17) is 4.42 Å². The number of aryl methyl sites for hydroxylation is 1. The Bertz CT molecular complexity index is 780. The van der Waals surface area contributed by atoms with Crippen molar-refractivity contribution in [2.75, 3.05) is 26.2 Å². The molecule has 0 N–H and O–H groups in total. The minimum atomic E-state index is 0.179. The van der Waals surface area contributed by atoms with Gasteiger partial charge in [0.25, 0.3) is 0 Å². The third-order valence-electron chi connectivity index (χ3n) is 6.23. The molecule has 2 aromatic rings. The van der Waals surface area contributed by atoms with Crippen molar-refractivity contribution in [2.45, 2.75) is 45.6 Å². The molecule has 144 valence electrons. The third kappa shape index (κ3) is 3.90. The van der Waals surface area contributed by atoms with E-state index in [0.29, 0.717) is 5.89 Å². The first kappa shape index (κ1) is 18.2.